The number of likely N-dealkylation sites (tertiary alicyclic amines) is 1. The molecule has 3 aromatic rings. The van der Waals surface area contributed by atoms with Gasteiger partial charge in [-0.1, -0.05) is 0 Å². The van der Waals surface area contributed by atoms with Crippen molar-refractivity contribution in [1.29, 1.82) is 0 Å². The van der Waals surface area contributed by atoms with E-state index >= 15 is 0 Å². The van der Waals surface area contributed by atoms with Gasteiger partial charge in [0.05, 0.1) is 24.9 Å². The highest BCUT2D eigenvalue weighted by atomic mass is 79.9. The minimum Gasteiger partial charge on any atom is -0.493 e. The summed E-state index contributed by atoms with van der Waals surface area (Å²) in [6, 6.07) is 8.02. The predicted molar refractivity (Wildman–Crippen MR) is 120 cm³/mol. The monoisotopic (exact) mass is 492 g/mol. The molecule has 1 atom stereocenters. The maximum Gasteiger partial charge on any atom is 0.162 e. The van der Waals surface area contributed by atoms with Gasteiger partial charge in [-0.2, -0.15) is 0 Å². The molecule has 0 amide bonds. The van der Waals surface area contributed by atoms with Crippen molar-refractivity contribution in [2.75, 3.05) is 38.7 Å². The van der Waals surface area contributed by atoms with E-state index in [0.29, 0.717) is 52.6 Å². The van der Waals surface area contributed by atoms with Gasteiger partial charge >= 0.3 is 0 Å². The molecule has 9 heteroatoms. The van der Waals surface area contributed by atoms with Crippen molar-refractivity contribution in [2.24, 2.45) is 0 Å². The smallest absolute Gasteiger partial charge is 0.162 e. The van der Waals surface area contributed by atoms with E-state index in [2.05, 4.69) is 36.1 Å². The molecule has 1 fully saturated rings. The van der Waals surface area contributed by atoms with Crippen LogP contribution in [0.25, 0.3) is 10.9 Å². The molecule has 0 aliphatic carbocycles. The van der Waals surface area contributed by atoms with E-state index in [0.717, 1.165) is 24.9 Å². The molecule has 4 rings (SSSR count). The van der Waals surface area contributed by atoms with Crippen LogP contribution in [0.5, 0.6) is 11.5 Å². The standard InChI is InChI=1S/C22H23BrF2N4O2/c1-30-20-11-19-16(10-21(20)31-8-2-6-29-7-5-15(25)12-29)22(27-13-26-19)28-18-4-3-14(24)9-17(18)23/h3-4,9-11,13,15H,2,5-8,12H2,1H3,(H,26,27,28)/t15-/m1/s1. The number of methoxy groups -OCH3 is 1. The van der Waals surface area contributed by atoms with Crippen molar-refractivity contribution >= 4 is 38.3 Å². The van der Waals surface area contributed by atoms with Gasteiger partial charge in [0.25, 0.3) is 0 Å². The number of hydrogen-bond acceptors (Lipinski definition) is 6. The maximum absolute atomic E-state index is 13.4. The first-order chi connectivity index (χ1) is 15.0. The lowest BCUT2D eigenvalue weighted by atomic mass is 10.2. The summed E-state index contributed by atoms with van der Waals surface area (Å²) in [7, 11) is 1.58. The lowest BCUT2D eigenvalue weighted by molar-refractivity contribution is 0.243. The lowest BCUT2D eigenvalue weighted by Gasteiger charge is -2.16. The number of aromatic nitrogens is 2. The topological polar surface area (TPSA) is 59.5 Å². The number of nitrogens with zero attached hydrogens (tertiary/aromatic N) is 3. The Hall–Kier alpha value is -2.52. The number of rotatable bonds is 8. The molecule has 1 saturated heterocycles. The quantitative estimate of drug-likeness (QED) is 0.441. The Kier molecular flexibility index (Phi) is 6.82. The minimum absolute atomic E-state index is 0.332. The second-order valence-electron chi connectivity index (χ2n) is 7.38. The Morgan fingerprint density at radius 1 is 1.23 bits per heavy atom. The number of halogens is 3. The van der Waals surface area contributed by atoms with Gasteiger partial charge in [-0.3, -0.25) is 0 Å². The van der Waals surface area contributed by atoms with E-state index in [9.17, 15) is 8.78 Å². The molecule has 0 unspecified atom stereocenters. The largest absolute Gasteiger partial charge is 0.493 e. The molecule has 1 aliphatic rings. The number of anilines is 2. The maximum atomic E-state index is 13.4. The highest BCUT2D eigenvalue weighted by molar-refractivity contribution is 9.10. The van der Waals surface area contributed by atoms with Crippen molar-refractivity contribution in [3.63, 3.8) is 0 Å². The molecule has 0 bridgehead atoms. The molecule has 1 aliphatic heterocycles. The number of alkyl halides is 1. The third kappa shape index (κ3) is 5.22. The SMILES string of the molecule is COc1cc2ncnc(Nc3ccc(F)cc3Br)c2cc1OCCCN1CC[C@@H](F)C1. The fourth-order valence-electron chi connectivity index (χ4n) is 3.61. The summed E-state index contributed by atoms with van der Waals surface area (Å²) in [5, 5.41) is 3.96. The van der Waals surface area contributed by atoms with Crippen molar-refractivity contribution in [1.82, 2.24) is 14.9 Å². The second kappa shape index (κ2) is 9.74. The first kappa shape index (κ1) is 21.7. The fourth-order valence-corrected chi connectivity index (χ4v) is 4.06. The van der Waals surface area contributed by atoms with E-state index in [-0.39, 0.29) is 5.82 Å². The Balaban J connectivity index is 1.52. The van der Waals surface area contributed by atoms with E-state index < -0.39 is 6.17 Å². The summed E-state index contributed by atoms with van der Waals surface area (Å²) in [4.78, 5) is 10.8. The van der Waals surface area contributed by atoms with E-state index in [1.54, 1.807) is 19.2 Å². The third-order valence-electron chi connectivity index (χ3n) is 5.20. The zero-order chi connectivity index (χ0) is 21.8. The first-order valence-corrected chi connectivity index (χ1v) is 10.9. The molecule has 2 aromatic carbocycles. The molecule has 6 nitrogen and oxygen atoms in total. The van der Waals surface area contributed by atoms with Crippen molar-refractivity contribution < 1.29 is 18.3 Å². The van der Waals surface area contributed by atoms with Crippen LogP contribution in [0.3, 0.4) is 0 Å². The van der Waals surface area contributed by atoms with E-state index in [1.807, 2.05) is 6.07 Å². The summed E-state index contributed by atoms with van der Waals surface area (Å²) >= 11 is 3.36. The van der Waals surface area contributed by atoms with Gasteiger partial charge in [-0.25, -0.2) is 18.7 Å². The number of ether oxygens (including phenoxy) is 2. The molecule has 164 valence electrons. The van der Waals surface area contributed by atoms with E-state index in [1.165, 1.54) is 18.5 Å². The number of hydrogen-bond donors (Lipinski definition) is 1. The Morgan fingerprint density at radius 3 is 2.84 bits per heavy atom. The summed E-state index contributed by atoms with van der Waals surface area (Å²) < 4.78 is 38.7. The summed E-state index contributed by atoms with van der Waals surface area (Å²) in [5.74, 6) is 1.39. The van der Waals surface area contributed by atoms with Crippen molar-refractivity contribution in [2.45, 2.75) is 19.0 Å². The molecule has 0 spiro atoms. The number of fused-ring (bicyclic) bond motifs is 1. The van der Waals surface area contributed by atoms with Crippen LogP contribution in [-0.2, 0) is 0 Å². The predicted octanol–water partition coefficient (Wildman–Crippen LogP) is 5.10. The lowest BCUT2D eigenvalue weighted by Crippen LogP contribution is -2.23. The van der Waals surface area contributed by atoms with Gasteiger partial charge in [0.2, 0.25) is 0 Å². The minimum atomic E-state index is -0.714. The van der Waals surface area contributed by atoms with Crippen LogP contribution in [-0.4, -0.2) is 54.4 Å². The first-order valence-electron chi connectivity index (χ1n) is 10.1. The summed E-state index contributed by atoms with van der Waals surface area (Å²) in [5.41, 5.74) is 1.36. The highest BCUT2D eigenvalue weighted by Gasteiger charge is 2.21. The average molecular weight is 493 g/mol. The molecule has 1 aromatic heterocycles. The third-order valence-corrected chi connectivity index (χ3v) is 5.85. The van der Waals surface area contributed by atoms with Crippen LogP contribution in [0.1, 0.15) is 12.8 Å². The van der Waals surface area contributed by atoms with Crippen LogP contribution in [0, 0.1) is 5.82 Å². The Labute approximate surface area is 187 Å². The normalized spacial score (nSPS) is 16.6. The summed E-state index contributed by atoms with van der Waals surface area (Å²) in [6.45, 7) is 2.58. The van der Waals surface area contributed by atoms with Crippen LogP contribution < -0.4 is 14.8 Å². The van der Waals surface area contributed by atoms with Gasteiger partial charge in [0.1, 0.15) is 24.1 Å². The molecule has 2 heterocycles. The molecule has 1 N–H and O–H groups in total. The molecule has 0 radical (unpaired) electrons. The van der Waals surface area contributed by atoms with E-state index in [4.69, 9.17) is 9.47 Å². The second-order valence-corrected chi connectivity index (χ2v) is 8.23. The number of benzene rings is 2. The van der Waals surface area contributed by atoms with Crippen LogP contribution >= 0.6 is 15.9 Å². The van der Waals surface area contributed by atoms with Gasteiger partial charge in [-0.15, -0.1) is 0 Å². The van der Waals surface area contributed by atoms with Crippen molar-refractivity contribution in [3.8, 4) is 11.5 Å². The van der Waals surface area contributed by atoms with Gasteiger partial charge in [0, 0.05) is 35.6 Å². The Bertz CT molecular complexity index is 1070. The Morgan fingerprint density at radius 2 is 2.10 bits per heavy atom. The van der Waals surface area contributed by atoms with Gasteiger partial charge in [-0.05, 0) is 53.0 Å². The van der Waals surface area contributed by atoms with Gasteiger partial charge in [0.15, 0.2) is 11.5 Å². The number of nitrogens with one attached hydrogen (secondary N) is 1. The van der Waals surface area contributed by atoms with Gasteiger partial charge < -0.3 is 19.7 Å². The zero-order valence-electron chi connectivity index (χ0n) is 17.1. The molecular formula is C22H23BrF2N4O2. The summed E-state index contributed by atoms with van der Waals surface area (Å²) in [6.07, 6.45) is 2.14. The van der Waals surface area contributed by atoms with Crippen LogP contribution in [0.2, 0.25) is 0 Å². The van der Waals surface area contributed by atoms with Crippen LogP contribution in [0.4, 0.5) is 20.3 Å². The zero-order valence-corrected chi connectivity index (χ0v) is 18.7. The van der Waals surface area contributed by atoms with Crippen molar-refractivity contribution in [3.05, 3.63) is 46.9 Å². The molecular weight excluding hydrogens is 470 g/mol. The molecule has 31 heavy (non-hydrogen) atoms. The highest BCUT2D eigenvalue weighted by Crippen LogP contribution is 2.35. The fraction of sp³-hybridized carbons (Fsp3) is 0.364. The van der Waals surface area contributed by atoms with Crippen LogP contribution in [0.15, 0.2) is 41.1 Å². The molecule has 0 saturated carbocycles. The average Bonchev–Trinajstić information content (AvgIpc) is 3.18.